The van der Waals surface area contributed by atoms with Crippen molar-refractivity contribution in [1.29, 1.82) is 0 Å². The Balaban J connectivity index is 2.32. The maximum atomic E-state index is 5.94. The summed E-state index contributed by atoms with van der Waals surface area (Å²) in [4.78, 5) is 4.96. The molecule has 3 heteroatoms. The summed E-state index contributed by atoms with van der Waals surface area (Å²) in [6.07, 6.45) is 1.09. The molecule has 0 spiro atoms. The van der Waals surface area contributed by atoms with E-state index in [0.717, 1.165) is 26.1 Å². The molecule has 1 fully saturated rings. The molecule has 0 aromatic heterocycles. The molecule has 1 aliphatic rings. The van der Waals surface area contributed by atoms with Crippen LogP contribution in [0.5, 0.6) is 0 Å². The van der Waals surface area contributed by atoms with E-state index in [1.54, 1.807) is 0 Å². The van der Waals surface area contributed by atoms with Crippen LogP contribution in [0.15, 0.2) is 18.2 Å². The summed E-state index contributed by atoms with van der Waals surface area (Å²) in [5.74, 6) is 0. The lowest BCUT2D eigenvalue weighted by Crippen LogP contribution is -2.58. The minimum Gasteiger partial charge on any atom is -0.368 e. The molecule has 2 unspecified atom stereocenters. The average molecular weight is 261 g/mol. The van der Waals surface area contributed by atoms with Crippen molar-refractivity contribution in [2.45, 2.75) is 39.3 Å². The number of likely N-dealkylation sites (N-methyl/N-ethyl adjacent to an activating group) is 1. The number of aryl methyl sites for hydroxylation is 2. The van der Waals surface area contributed by atoms with Gasteiger partial charge >= 0.3 is 0 Å². The van der Waals surface area contributed by atoms with Crippen LogP contribution in [0.4, 0.5) is 5.69 Å². The Labute approximate surface area is 117 Å². The highest BCUT2D eigenvalue weighted by Gasteiger charge is 2.29. The number of hydrogen-bond acceptors (Lipinski definition) is 3. The van der Waals surface area contributed by atoms with Crippen LogP contribution in [-0.4, -0.2) is 43.7 Å². The van der Waals surface area contributed by atoms with Crippen LogP contribution >= 0.6 is 0 Å². The molecule has 0 aliphatic carbocycles. The molecular weight excluding hydrogens is 234 g/mol. The van der Waals surface area contributed by atoms with E-state index in [1.165, 1.54) is 16.8 Å². The number of piperazine rings is 1. The Hall–Kier alpha value is -1.06. The molecule has 1 aliphatic heterocycles. The van der Waals surface area contributed by atoms with Gasteiger partial charge in [-0.15, -0.1) is 0 Å². The van der Waals surface area contributed by atoms with Crippen molar-refractivity contribution in [3.63, 3.8) is 0 Å². The Morgan fingerprint density at radius 1 is 1.32 bits per heavy atom. The minimum atomic E-state index is 0.452. The second-order valence-electron chi connectivity index (χ2n) is 5.75. The number of para-hydroxylation sites is 1. The lowest BCUT2D eigenvalue weighted by Gasteiger charge is -2.45. The highest BCUT2D eigenvalue weighted by molar-refractivity contribution is 5.60. The van der Waals surface area contributed by atoms with Crippen molar-refractivity contribution in [3.8, 4) is 0 Å². The molecule has 1 saturated heterocycles. The van der Waals surface area contributed by atoms with Gasteiger partial charge in [0, 0.05) is 37.4 Å². The number of nitrogens with two attached hydrogens (primary N) is 1. The van der Waals surface area contributed by atoms with Crippen molar-refractivity contribution in [3.05, 3.63) is 29.3 Å². The molecule has 2 rings (SSSR count). The van der Waals surface area contributed by atoms with Gasteiger partial charge in [-0.3, -0.25) is 4.90 Å². The van der Waals surface area contributed by atoms with E-state index in [-0.39, 0.29) is 0 Å². The summed E-state index contributed by atoms with van der Waals surface area (Å²) in [5, 5.41) is 0. The summed E-state index contributed by atoms with van der Waals surface area (Å²) in [7, 11) is 2.19. The van der Waals surface area contributed by atoms with Gasteiger partial charge in [0.15, 0.2) is 0 Å². The topological polar surface area (TPSA) is 32.5 Å². The first-order valence-corrected chi connectivity index (χ1v) is 7.33. The van der Waals surface area contributed by atoms with Crippen LogP contribution in [0.25, 0.3) is 0 Å². The van der Waals surface area contributed by atoms with Gasteiger partial charge in [0.2, 0.25) is 0 Å². The first-order chi connectivity index (χ1) is 9.08. The summed E-state index contributed by atoms with van der Waals surface area (Å²) in [6, 6.07) is 7.63. The molecule has 1 aromatic carbocycles. The van der Waals surface area contributed by atoms with Crippen molar-refractivity contribution < 1.29 is 0 Å². The molecule has 106 valence electrons. The second kappa shape index (κ2) is 5.93. The first kappa shape index (κ1) is 14.4. The fourth-order valence-electron chi connectivity index (χ4n) is 3.15. The fraction of sp³-hybridized carbons (Fsp3) is 0.625. The van der Waals surface area contributed by atoms with E-state index in [1.807, 2.05) is 0 Å². The van der Waals surface area contributed by atoms with Gasteiger partial charge in [0.1, 0.15) is 0 Å². The van der Waals surface area contributed by atoms with Crippen molar-refractivity contribution >= 4 is 5.69 Å². The molecular formula is C16H27N3. The Morgan fingerprint density at radius 2 is 2.05 bits per heavy atom. The summed E-state index contributed by atoms with van der Waals surface area (Å²) >= 11 is 0. The van der Waals surface area contributed by atoms with Gasteiger partial charge in [-0.2, -0.15) is 0 Å². The largest absolute Gasteiger partial charge is 0.368 e. The first-order valence-electron chi connectivity index (χ1n) is 7.33. The second-order valence-corrected chi connectivity index (χ2v) is 5.75. The Kier molecular flexibility index (Phi) is 4.48. The van der Waals surface area contributed by atoms with E-state index in [9.17, 15) is 0 Å². The predicted molar refractivity (Wildman–Crippen MR) is 82.8 cm³/mol. The maximum absolute atomic E-state index is 5.94. The zero-order chi connectivity index (χ0) is 14.0. The number of benzene rings is 1. The van der Waals surface area contributed by atoms with E-state index in [4.69, 9.17) is 5.73 Å². The molecule has 2 N–H and O–H groups in total. The summed E-state index contributed by atoms with van der Waals surface area (Å²) in [5.41, 5.74) is 10.2. The van der Waals surface area contributed by atoms with Crippen LogP contribution in [0, 0.1) is 6.92 Å². The number of hydrogen-bond donors (Lipinski definition) is 1. The van der Waals surface area contributed by atoms with E-state index in [2.05, 4.69) is 55.8 Å². The van der Waals surface area contributed by atoms with Crippen LogP contribution in [0.2, 0.25) is 0 Å². The van der Waals surface area contributed by atoms with Gasteiger partial charge < -0.3 is 10.6 Å². The van der Waals surface area contributed by atoms with Gasteiger partial charge in [-0.05, 0) is 38.4 Å². The molecule has 1 heterocycles. The predicted octanol–water partition coefficient (Wildman–Crippen LogP) is 2.03. The minimum absolute atomic E-state index is 0.452. The van der Waals surface area contributed by atoms with Gasteiger partial charge in [0.05, 0.1) is 0 Å². The quantitative estimate of drug-likeness (QED) is 0.903. The summed E-state index contributed by atoms with van der Waals surface area (Å²) < 4.78 is 0. The standard InChI is InChI=1S/C16H27N3/c1-5-14-8-6-7-12(2)16(14)19-10-13(3)18(4)15(9-17)11-19/h6-8,13,15H,5,9-11,17H2,1-4H3. The average Bonchev–Trinajstić information content (AvgIpc) is 2.41. The molecule has 3 nitrogen and oxygen atoms in total. The van der Waals surface area contributed by atoms with Crippen molar-refractivity contribution in [2.24, 2.45) is 5.73 Å². The lowest BCUT2D eigenvalue weighted by molar-refractivity contribution is 0.162. The fourth-order valence-corrected chi connectivity index (χ4v) is 3.15. The van der Waals surface area contributed by atoms with Crippen LogP contribution in [-0.2, 0) is 6.42 Å². The SMILES string of the molecule is CCc1cccc(C)c1N1CC(C)N(C)C(CN)C1. The van der Waals surface area contributed by atoms with Crippen molar-refractivity contribution in [2.75, 3.05) is 31.6 Å². The third-order valence-electron chi connectivity index (χ3n) is 4.48. The van der Waals surface area contributed by atoms with E-state index in [0.29, 0.717) is 12.1 Å². The van der Waals surface area contributed by atoms with Crippen molar-refractivity contribution in [1.82, 2.24) is 4.90 Å². The molecule has 19 heavy (non-hydrogen) atoms. The monoisotopic (exact) mass is 261 g/mol. The number of anilines is 1. The van der Waals surface area contributed by atoms with E-state index < -0.39 is 0 Å². The zero-order valence-corrected chi connectivity index (χ0v) is 12.7. The van der Waals surface area contributed by atoms with Gasteiger partial charge in [0.25, 0.3) is 0 Å². The third kappa shape index (κ3) is 2.77. The molecule has 2 atom stereocenters. The van der Waals surface area contributed by atoms with Gasteiger partial charge in [-0.25, -0.2) is 0 Å². The highest BCUT2D eigenvalue weighted by Crippen LogP contribution is 2.29. The van der Waals surface area contributed by atoms with Gasteiger partial charge in [-0.1, -0.05) is 25.1 Å². The summed E-state index contributed by atoms with van der Waals surface area (Å²) in [6.45, 7) is 9.59. The molecule has 0 bridgehead atoms. The van der Waals surface area contributed by atoms with Crippen LogP contribution < -0.4 is 10.6 Å². The Bertz CT molecular complexity index is 430. The molecule has 0 saturated carbocycles. The van der Waals surface area contributed by atoms with E-state index >= 15 is 0 Å². The molecule has 0 amide bonds. The highest BCUT2D eigenvalue weighted by atomic mass is 15.3. The third-order valence-corrected chi connectivity index (χ3v) is 4.48. The maximum Gasteiger partial charge on any atom is 0.0429 e. The molecule has 1 aromatic rings. The Morgan fingerprint density at radius 3 is 2.68 bits per heavy atom. The van der Waals surface area contributed by atoms with Crippen LogP contribution in [0.1, 0.15) is 25.0 Å². The smallest absolute Gasteiger partial charge is 0.0429 e. The number of rotatable bonds is 3. The number of nitrogens with zero attached hydrogens (tertiary/aromatic N) is 2. The molecule has 0 radical (unpaired) electrons. The van der Waals surface area contributed by atoms with Crippen LogP contribution in [0.3, 0.4) is 0 Å². The normalized spacial score (nSPS) is 24.8. The lowest BCUT2D eigenvalue weighted by atomic mass is 10.0. The zero-order valence-electron chi connectivity index (χ0n) is 12.7.